The molecule has 1 amide bonds. The number of carbonyl (C=O) groups excluding carboxylic acids is 1. The van der Waals surface area contributed by atoms with E-state index in [9.17, 15) is 4.79 Å². The summed E-state index contributed by atoms with van der Waals surface area (Å²) < 4.78 is 0. The molecule has 0 radical (unpaired) electrons. The van der Waals surface area contributed by atoms with E-state index in [0.717, 1.165) is 27.6 Å². The number of amides is 1. The summed E-state index contributed by atoms with van der Waals surface area (Å²) in [6.45, 7) is 9.35. The van der Waals surface area contributed by atoms with E-state index in [1.54, 1.807) is 6.20 Å². The maximum absolute atomic E-state index is 12.2. The number of carbonyl (C=O) groups is 1. The number of hydrogen-bond donors (Lipinski definition) is 4. The summed E-state index contributed by atoms with van der Waals surface area (Å²) in [6, 6.07) is 11.3. The summed E-state index contributed by atoms with van der Waals surface area (Å²) in [5, 5.41) is 10.7. The SMILES string of the molecule is C=CNC(N=C)=NCc1cccc(-c2nc(C(N)=O)c(N)c(-c3c(C)ccc4[nH]ncc34)n2)c1. The van der Waals surface area contributed by atoms with Gasteiger partial charge >= 0.3 is 0 Å². The number of anilines is 1. The number of benzene rings is 2. The van der Waals surface area contributed by atoms with Crippen molar-refractivity contribution >= 4 is 35.2 Å². The Labute approximate surface area is 195 Å². The first-order valence-corrected chi connectivity index (χ1v) is 10.3. The number of guanidine groups is 1. The highest BCUT2D eigenvalue weighted by Crippen LogP contribution is 2.35. The van der Waals surface area contributed by atoms with Gasteiger partial charge in [0.2, 0.25) is 5.96 Å². The minimum atomic E-state index is -0.739. The van der Waals surface area contributed by atoms with Crippen molar-refractivity contribution in [2.24, 2.45) is 15.7 Å². The summed E-state index contributed by atoms with van der Waals surface area (Å²) in [6.07, 6.45) is 3.17. The second-order valence-electron chi connectivity index (χ2n) is 7.46. The lowest BCUT2D eigenvalue weighted by molar-refractivity contribution is 0.0996. The summed E-state index contributed by atoms with van der Waals surface area (Å²) in [7, 11) is 0. The van der Waals surface area contributed by atoms with Crippen LogP contribution in [0.1, 0.15) is 21.6 Å². The van der Waals surface area contributed by atoms with Gasteiger partial charge in [0.15, 0.2) is 11.5 Å². The molecule has 2 heterocycles. The molecular weight excluding hydrogens is 430 g/mol. The molecule has 10 heteroatoms. The van der Waals surface area contributed by atoms with Crippen LogP contribution in [0.25, 0.3) is 33.5 Å². The number of nitrogens with two attached hydrogens (primary N) is 2. The Bertz CT molecular complexity index is 1450. The molecule has 2 aromatic heterocycles. The molecule has 0 aliphatic heterocycles. The van der Waals surface area contributed by atoms with Crippen LogP contribution < -0.4 is 16.8 Å². The number of nitrogens with one attached hydrogen (secondary N) is 2. The van der Waals surface area contributed by atoms with E-state index in [2.05, 4.69) is 43.8 Å². The fourth-order valence-electron chi connectivity index (χ4n) is 3.63. The Morgan fingerprint density at radius 1 is 1.26 bits per heavy atom. The third-order valence-corrected chi connectivity index (χ3v) is 5.23. The number of fused-ring (bicyclic) bond motifs is 1. The van der Waals surface area contributed by atoms with E-state index in [1.807, 2.05) is 43.3 Å². The van der Waals surface area contributed by atoms with E-state index in [4.69, 9.17) is 16.5 Å². The van der Waals surface area contributed by atoms with Crippen LogP contribution in [0.4, 0.5) is 5.69 Å². The number of aryl methyl sites for hydroxylation is 1. The van der Waals surface area contributed by atoms with E-state index >= 15 is 0 Å². The molecule has 0 bridgehead atoms. The average Bonchev–Trinajstić information content (AvgIpc) is 3.31. The number of aromatic nitrogens is 4. The van der Waals surface area contributed by atoms with Gasteiger partial charge in [0.25, 0.3) is 5.91 Å². The maximum Gasteiger partial charge on any atom is 0.269 e. The molecule has 2 aromatic carbocycles. The first-order chi connectivity index (χ1) is 16.4. The second-order valence-corrected chi connectivity index (χ2v) is 7.46. The molecule has 0 aliphatic carbocycles. The van der Waals surface area contributed by atoms with Gasteiger partial charge in [0.1, 0.15) is 0 Å². The number of primary amides is 1. The predicted octanol–water partition coefficient (Wildman–Crippen LogP) is 2.97. The lowest BCUT2D eigenvalue weighted by atomic mass is 9.99. The molecule has 0 saturated carbocycles. The van der Waals surface area contributed by atoms with Crippen molar-refractivity contribution in [2.75, 3.05) is 5.73 Å². The molecule has 0 unspecified atom stereocenters. The Hall–Kier alpha value is -4.86. The third-order valence-electron chi connectivity index (χ3n) is 5.23. The number of H-pyrrole nitrogens is 1. The first-order valence-electron chi connectivity index (χ1n) is 10.3. The van der Waals surface area contributed by atoms with Gasteiger partial charge in [0, 0.05) is 16.5 Å². The molecule has 10 nitrogen and oxygen atoms in total. The van der Waals surface area contributed by atoms with Gasteiger partial charge in [0.05, 0.1) is 29.6 Å². The monoisotopic (exact) mass is 453 g/mol. The molecule has 0 spiro atoms. The quantitative estimate of drug-likeness (QED) is 0.259. The van der Waals surface area contributed by atoms with E-state index in [0.29, 0.717) is 29.6 Å². The van der Waals surface area contributed by atoms with E-state index in [1.165, 1.54) is 6.20 Å². The molecule has 0 fully saturated rings. The predicted molar refractivity (Wildman–Crippen MR) is 134 cm³/mol. The van der Waals surface area contributed by atoms with Crippen LogP contribution in [-0.4, -0.2) is 38.7 Å². The van der Waals surface area contributed by atoms with Crippen molar-refractivity contribution in [2.45, 2.75) is 13.5 Å². The van der Waals surface area contributed by atoms with Crippen LogP contribution in [0.5, 0.6) is 0 Å². The normalized spacial score (nSPS) is 11.4. The van der Waals surface area contributed by atoms with Crippen LogP contribution in [-0.2, 0) is 6.54 Å². The van der Waals surface area contributed by atoms with Crippen LogP contribution >= 0.6 is 0 Å². The second kappa shape index (κ2) is 9.33. The number of rotatable bonds is 6. The van der Waals surface area contributed by atoms with Gasteiger partial charge < -0.3 is 16.8 Å². The molecule has 0 atom stereocenters. The number of nitrogens with zero attached hydrogens (tertiary/aromatic N) is 5. The number of hydrogen-bond acceptors (Lipinski definition) is 6. The third kappa shape index (κ3) is 4.24. The van der Waals surface area contributed by atoms with Crippen molar-refractivity contribution in [1.82, 2.24) is 25.5 Å². The smallest absolute Gasteiger partial charge is 0.269 e. The molecular formula is C24H23N9O. The standard InChI is InChI=1S/C24H23N9O/c1-4-28-24(27-3)29-11-14-6-5-7-15(10-14)23-31-20(19(25)21(32-23)22(26)34)18-13(2)8-9-17-16(18)12-30-33-17/h4-10,12H,1,3,11,25H2,2H3,(H2,26,34)(H,28,29)(H,30,33). The fourth-order valence-corrected chi connectivity index (χ4v) is 3.63. The minimum absolute atomic E-state index is 0.0448. The largest absolute Gasteiger partial charge is 0.395 e. The van der Waals surface area contributed by atoms with Crippen molar-refractivity contribution < 1.29 is 4.79 Å². The highest BCUT2D eigenvalue weighted by Gasteiger charge is 2.21. The van der Waals surface area contributed by atoms with Gasteiger partial charge in [-0.2, -0.15) is 5.10 Å². The molecule has 6 N–H and O–H groups in total. The highest BCUT2D eigenvalue weighted by atomic mass is 16.1. The fraction of sp³-hybridized carbons (Fsp3) is 0.0833. The molecule has 4 rings (SSSR count). The summed E-state index contributed by atoms with van der Waals surface area (Å²) >= 11 is 0. The van der Waals surface area contributed by atoms with Crippen LogP contribution in [0.15, 0.2) is 65.4 Å². The van der Waals surface area contributed by atoms with Crippen molar-refractivity contribution in [3.05, 3.63) is 72.2 Å². The molecule has 170 valence electrons. The average molecular weight is 454 g/mol. The number of aliphatic imine (C=N–C) groups is 2. The summed E-state index contributed by atoms with van der Waals surface area (Å²) in [5.74, 6) is -0.0708. The van der Waals surface area contributed by atoms with Gasteiger partial charge in [-0.15, -0.1) is 0 Å². The van der Waals surface area contributed by atoms with Gasteiger partial charge in [-0.1, -0.05) is 30.8 Å². The zero-order valence-corrected chi connectivity index (χ0v) is 18.5. The lowest BCUT2D eigenvalue weighted by Gasteiger charge is -2.14. The van der Waals surface area contributed by atoms with E-state index < -0.39 is 5.91 Å². The zero-order valence-electron chi connectivity index (χ0n) is 18.5. The molecule has 4 aromatic rings. The lowest BCUT2D eigenvalue weighted by Crippen LogP contribution is -2.18. The number of nitrogen functional groups attached to an aromatic ring is 1. The van der Waals surface area contributed by atoms with E-state index in [-0.39, 0.29) is 11.4 Å². The maximum atomic E-state index is 12.2. The highest BCUT2D eigenvalue weighted by molar-refractivity contribution is 6.04. The first kappa shape index (κ1) is 22.3. The van der Waals surface area contributed by atoms with Crippen LogP contribution in [0.3, 0.4) is 0 Å². The van der Waals surface area contributed by atoms with Crippen LogP contribution in [0, 0.1) is 6.92 Å². The summed E-state index contributed by atoms with van der Waals surface area (Å²) in [5.41, 5.74) is 16.5. The Balaban J connectivity index is 1.86. The topological polar surface area (TPSA) is 160 Å². The Morgan fingerprint density at radius 3 is 2.82 bits per heavy atom. The number of aromatic amines is 1. The molecule has 0 saturated heterocycles. The van der Waals surface area contributed by atoms with Crippen molar-refractivity contribution in [1.29, 1.82) is 0 Å². The summed E-state index contributed by atoms with van der Waals surface area (Å²) in [4.78, 5) is 29.5. The molecule has 0 aliphatic rings. The van der Waals surface area contributed by atoms with Gasteiger partial charge in [-0.3, -0.25) is 9.89 Å². The zero-order chi connectivity index (χ0) is 24.2. The Kier molecular flexibility index (Phi) is 6.13. The van der Waals surface area contributed by atoms with Crippen molar-refractivity contribution in [3.63, 3.8) is 0 Å². The van der Waals surface area contributed by atoms with Crippen molar-refractivity contribution in [3.8, 4) is 22.6 Å². The molecule has 34 heavy (non-hydrogen) atoms. The van der Waals surface area contributed by atoms with Gasteiger partial charge in [-0.25, -0.2) is 20.0 Å². The minimum Gasteiger partial charge on any atom is -0.395 e. The Morgan fingerprint density at radius 2 is 2.09 bits per heavy atom. The van der Waals surface area contributed by atoms with Crippen LogP contribution in [0.2, 0.25) is 0 Å². The van der Waals surface area contributed by atoms with Gasteiger partial charge in [-0.05, 0) is 43.1 Å².